The van der Waals surface area contributed by atoms with Gasteiger partial charge in [-0.15, -0.1) is 0 Å². The van der Waals surface area contributed by atoms with E-state index in [1.807, 2.05) is 61.1 Å². The van der Waals surface area contributed by atoms with Crippen LogP contribution in [0.2, 0.25) is 0 Å². The smallest absolute Gasteiger partial charge is 0.307 e. The van der Waals surface area contributed by atoms with Gasteiger partial charge in [-0.2, -0.15) is 5.26 Å². The Balaban J connectivity index is 1.08. The second kappa shape index (κ2) is 13.2. The summed E-state index contributed by atoms with van der Waals surface area (Å²) < 4.78 is 8.08. The summed E-state index contributed by atoms with van der Waals surface area (Å²) in [5, 5.41) is 33.5. The predicted octanol–water partition coefficient (Wildman–Crippen LogP) is 6.59. The number of aromatic nitrogens is 6. The van der Waals surface area contributed by atoms with Crippen LogP contribution in [0.1, 0.15) is 34.2 Å². The Kier molecular flexibility index (Phi) is 8.29. The number of hydrogen-bond acceptors (Lipinski definition) is 11. The normalized spacial score (nSPS) is 14.6. The van der Waals surface area contributed by atoms with Crippen LogP contribution < -0.4 is 5.32 Å². The van der Waals surface area contributed by atoms with E-state index >= 15 is 0 Å². The van der Waals surface area contributed by atoms with Gasteiger partial charge < -0.3 is 24.5 Å². The van der Waals surface area contributed by atoms with Gasteiger partial charge in [0.15, 0.2) is 11.4 Å². The maximum absolute atomic E-state index is 11.4. The summed E-state index contributed by atoms with van der Waals surface area (Å²) in [6.45, 7) is 6.18. The fourth-order valence-electron chi connectivity index (χ4n) is 6.92. The molecule has 1 aliphatic rings. The maximum Gasteiger partial charge on any atom is 0.307 e. The number of pyridine rings is 2. The molecule has 8 rings (SSSR count). The third-order valence-corrected chi connectivity index (χ3v) is 9.58. The Morgan fingerprint density at radius 3 is 2.69 bits per heavy atom. The Labute approximate surface area is 297 Å². The first kappa shape index (κ1) is 32.5. The summed E-state index contributed by atoms with van der Waals surface area (Å²) in [6, 6.07) is 17.5. The quantitative estimate of drug-likeness (QED) is 0.148. The van der Waals surface area contributed by atoms with E-state index in [9.17, 15) is 20.3 Å². The Hall–Kier alpha value is -6.65. The first-order chi connectivity index (χ1) is 25.2. The van der Waals surface area contributed by atoms with E-state index in [1.54, 1.807) is 24.5 Å². The maximum atomic E-state index is 11.4. The summed E-state index contributed by atoms with van der Waals surface area (Å²) in [7, 11) is 0. The number of benzene rings is 2. The lowest BCUT2D eigenvalue weighted by atomic mass is 9.99. The summed E-state index contributed by atoms with van der Waals surface area (Å²) in [5.74, 6) is -0.0434. The lowest BCUT2D eigenvalue weighted by Crippen LogP contribution is -2.22. The molecule has 0 spiro atoms. The number of likely N-dealkylation sites (tertiary alicyclic amines) is 1. The average molecular weight is 692 g/mol. The third kappa shape index (κ3) is 6.16. The van der Waals surface area contributed by atoms with E-state index in [0.29, 0.717) is 66.5 Å². The molecule has 13 nitrogen and oxygen atoms in total. The van der Waals surface area contributed by atoms with Crippen molar-refractivity contribution in [1.29, 1.82) is 5.26 Å². The van der Waals surface area contributed by atoms with Crippen molar-refractivity contribution in [2.24, 2.45) is 5.92 Å². The van der Waals surface area contributed by atoms with Gasteiger partial charge >= 0.3 is 5.97 Å². The number of carboxylic acids is 1. The monoisotopic (exact) mass is 691 g/mol. The number of rotatable bonds is 9. The van der Waals surface area contributed by atoms with Crippen molar-refractivity contribution in [3.8, 4) is 34.7 Å². The highest BCUT2D eigenvalue weighted by atomic mass is 16.4. The Bertz CT molecular complexity index is 2550. The van der Waals surface area contributed by atoms with Crippen LogP contribution in [0.5, 0.6) is 5.75 Å². The van der Waals surface area contributed by atoms with Crippen molar-refractivity contribution >= 4 is 39.5 Å². The van der Waals surface area contributed by atoms with Crippen LogP contribution in [0.15, 0.2) is 84.1 Å². The van der Waals surface area contributed by atoms with Crippen molar-refractivity contribution in [3.63, 3.8) is 0 Å². The van der Waals surface area contributed by atoms with Gasteiger partial charge in [0.2, 0.25) is 5.89 Å². The fraction of sp³-hybridized carbons (Fsp3) is 0.205. The molecule has 13 heteroatoms. The number of carboxylic acid groups (broad SMARTS) is 1. The lowest BCUT2D eigenvalue weighted by molar-refractivity contribution is -0.141. The van der Waals surface area contributed by atoms with Crippen molar-refractivity contribution in [2.45, 2.75) is 33.4 Å². The van der Waals surface area contributed by atoms with Crippen molar-refractivity contribution in [3.05, 3.63) is 107 Å². The van der Waals surface area contributed by atoms with Gasteiger partial charge in [0.25, 0.3) is 0 Å². The highest BCUT2D eigenvalue weighted by Crippen LogP contribution is 2.36. The topological polar surface area (TPSA) is 179 Å². The molecule has 0 radical (unpaired) electrons. The van der Waals surface area contributed by atoms with E-state index in [-0.39, 0.29) is 17.6 Å². The SMILES string of the molecule is Cc1c(Nc2nccc3cc(Cn4ccc(O)c4)cnc23)cccc1-c1ncnc(-c2nc3cc(CN4CCC(C(=O)O)C4)cc(C#N)c3o2)c1C. The molecule has 1 aliphatic heterocycles. The standard InChI is InChI=1S/C39H33N9O4/c1-22-30(4-3-5-31(22)45-37-35-26(6-9-41-37)13-25(16-42-35)18-48-11-8-29(49)20-48)33-23(2)34(44-21-43-33)38-46-32-14-24(12-28(15-40)36(32)52-38)17-47-10-7-27(19-47)39(50)51/h3-6,8-9,11-14,16,20-21,27,49H,7,10,17-19H2,1-2H3,(H,41,45)(H,50,51). The minimum absolute atomic E-state index is 0.221. The molecule has 0 amide bonds. The molecular formula is C39H33N9O4. The van der Waals surface area contributed by atoms with Gasteiger partial charge in [0.05, 0.1) is 17.2 Å². The van der Waals surface area contributed by atoms with E-state index in [4.69, 9.17) is 14.4 Å². The van der Waals surface area contributed by atoms with Crippen LogP contribution in [0.25, 0.3) is 44.8 Å². The predicted molar refractivity (Wildman–Crippen MR) is 194 cm³/mol. The number of nitrogens with zero attached hydrogens (tertiary/aromatic N) is 8. The van der Waals surface area contributed by atoms with Gasteiger partial charge in [0.1, 0.15) is 34.9 Å². The lowest BCUT2D eigenvalue weighted by Gasteiger charge is -2.15. The third-order valence-electron chi connectivity index (χ3n) is 9.58. The second-order valence-electron chi connectivity index (χ2n) is 13.1. The molecule has 0 saturated carbocycles. The molecule has 0 bridgehead atoms. The summed E-state index contributed by atoms with van der Waals surface area (Å²) in [4.78, 5) is 36.8. The van der Waals surface area contributed by atoms with E-state index < -0.39 is 5.97 Å². The molecule has 0 aliphatic carbocycles. The summed E-state index contributed by atoms with van der Waals surface area (Å²) >= 11 is 0. The molecule has 5 aromatic heterocycles. The van der Waals surface area contributed by atoms with E-state index in [0.717, 1.165) is 44.4 Å². The highest BCUT2D eigenvalue weighted by molar-refractivity contribution is 5.91. The number of aliphatic carboxylic acids is 1. The highest BCUT2D eigenvalue weighted by Gasteiger charge is 2.28. The van der Waals surface area contributed by atoms with Crippen molar-refractivity contribution in [1.82, 2.24) is 34.4 Å². The van der Waals surface area contributed by atoms with Crippen LogP contribution in [0.3, 0.4) is 0 Å². The van der Waals surface area contributed by atoms with Crippen LogP contribution in [-0.4, -0.2) is 63.7 Å². The van der Waals surface area contributed by atoms with E-state index in [1.165, 1.54) is 6.33 Å². The molecule has 6 heterocycles. The number of nitriles is 1. The first-order valence-electron chi connectivity index (χ1n) is 16.8. The van der Waals surface area contributed by atoms with Crippen LogP contribution in [0.4, 0.5) is 11.5 Å². The number of aromatic hydroxyl groups is 1. The summed E-state index contributed by atoms with van der Waals surface area (Å²) in [6.07, 6.45) is 9.15. The largest absolute Gasteiger partial charge is 0.506 e. The molecule has 1 unspecified atom stereocenters. The number of anilines is 2. The number of hydrogen-bond donors (Lipinski definition) is 3. The zero-order valence-electron chi connectivity index (χ0n) is 28.4. The fourth-order valence-corrected chi connectivity index (χ4v) is 6.92. The molecule has 52 heavy (non-hydrogen) atoms. The molecule has 2 aromatic carbocycles. The average Bonchev–Trinajstić information content (AvgIpc) is 3.89. The Morgan fingerprint density at radius 2 is 1.90 bits per heavy atom. The van der Waals surface area contributed by atoms with Gasteiger partial charge in [-0.05, 0) is 79.9 Å². The second-order valence-corrected chi connectivity index (χ2v) is 13.1. The zero-order chi connectivity index (χ0) is 35.9. The van der Waals surface area contributed by atoms with Gasteiger partial charge in [0, 0.05) is 66.6 Å². The minimum Gasteiger partial charge on any atom is -0.506 e. The Morgan fingerprint density at radius 1 is 1.04 bits per heavy atom. The zero-order valence-corrected chi connectivity index (χ0v) is 28.4. The molecule has 7 aromatic rings. The molecule has 3 N–H and O–H groups in total. The minimum atomic E-state index is -0.781. The molecule has 1 saturated heterocycles. The van der Waals surface area contributed by atoms with Crippen molar-refractivity contribution in [2.75, 3.05) is 18.4 Å². The van der Waals surface area contributed by atoms with Crippen LogP contribution >= 0.6 is 0 Å². The number of nitrogens with one attached hydrogen (secondary N) is 1. The molecule has 1 fully saturated rings. The van der Waals surface area contributed by atoms with Crippen LogP contribution in [-0.2, 0) is 17.9 Å². The molecule has 1 atom stereocenters. The first-order valence-corrected chi connectivity index (χ1v) is 16.8. The number of carbonyl (C=O) groups is 1. The molecule has 258 valence electrons. The number of oxazole rings is 1. The van der Waals surface area contributed by atoms with Crippen molar-refractivity contribution < 1.29 is 19.4 Å². The number of fused-ring (bicyclic) bond motifs is 2. The van der Waals surface area contributed by atoms with Gasteiger partial charge in [-0.1, -0.05) is 12.1 Å². The van der Waals surface area contributed by atoms with Gasteiger partial charge in [-0.25, -0.2) is 19.9 Å². The van der Waals surface area contributed by atoms with Crippen LogP contribution in [0, 0.1) is 31.1 Å². The van der Waals surface area contributed by atoms with E-state index in [2.05, 4.69) is 37.3 Å². The summed E-state index contributed by atoms with van der Waals surface area (Å²) in [5.41, 5.74) is 8.51. The van der Waals surface area contributed by atoms with Gasteiger partial charge in [-0.3, -0.25) is 14.7 Å². The molecular weight excluding hydrogens is 658 g/mol.